The minimum atomic E-state index is -0.949. The molecule has 0 aliphatic carbocycles. The molecule has 1 aliphatic rings. The highest BCUT2D eigenvalue weighted by Gasteiger charge is 2.32. The lowest BCUT2D eigenvalue weighted by atomic mass is 9.68. The zero-order chi connectivity index (χ0) is 14.3. The van der Waals surface area contributed by atoms with Crippen molar-refractivity contribution in [2.75, 3.05) is 4.92 Å². The lowest BCUT2D eigenvalue weighted by Gasteiger charge is -2.29. The minimum absolute atomic E-state index is 0.342. The third kappa shape index (κ3) is 2.19. The fraction of sp³-hybridized carbons (Fsp3) is 0.0714. The largest absolute Gasteiger partial charge is 0.471 e. The first kappa shape index (κ1) is 13.2. The lowest BCUT2D eigenvalue weighted by Crippen LogP contribution is -2.51. The van der Waals surface area contributed by atoms with Crippen molar-refractivity contribution in [2.24, 2.45) is 5.10 Å². The second kappa shape index (κ2) is 4.92. The summed E-state index contributed by atoms with van der Waals surface area (Å²) in [5.74, 6) is -0.342. The molecule has 0 fully saturated rings. The number of nitrogens with zero attached hydrogens (tertiary/aromatic N) is 2. The number of anilines is 1. The molecule has 1 aliphatic heterocycles. The maximum absolute atomic E-state index is 13.3. The highest BCUT2D eigenvalue weighted by atomic mass is 35.5. The maximum Gasteiger partial charge on any atom is 0.471 e. The third-order valence-corrected chi connectivity index (χ3v) is 3.52. The van der Waals surface area contributed by atoms with E-state index < -0.39 is 7.05 Å². The summed E-state index contributed by atoms with van der Waals surface area (Å²) in [7, 11) is -0.949. The molecule has 0 amide bonds. The van der Waals surface area contributed by atoms with Gasteiger partial charge in [-0.1, -0.05) is 17.7 Å². The molecule has 0 saturated carbocycles. The number of hydrogen-bond acceptors (Lipinski definition) is 3. The van der Waals surface area contributed by atoms with E-state index in [9.17, 15) is 9.41 Å². The van der Waals surface area contributed by atoms with Gasteiger partial charge in [0.1, 0.15) is 5.82 Å². The first-order valence-electron chi connectivity index (χ1n) is 6.14. The molecule has 6 heteroatoms. The molecule has 0 spiro atoms. The summed E-state index contributed by atoms with van der Waals surface area (Å²) in [4.78, 5) is 1.49. The normalized spacial score (nSPS) is 14.1. The van der Waals surface area contributed by atoms with Crippen LogP contribution in [0.1, 0.15) is 12.5 Å². The number of hydrogen-bond donors (Lipinski definition) is 1. The monoisotopic (exact) mass is 288 g/mol. The smallest absolute Gasteiger partial charge is 0.427 e. The van der Waals surface area contributed by atoms with Gasteiger partial charge < -0.3 is 5.02 Å². The van der Waals surface area contributed by atoms with Gasteiger partial charge in [0, 0.05) is 10.7 Å². The van der Waals surface area contributed by atoms with Crippen LogP contribution in [-0.4, -0.2) is 17.8 Å². The van der Waals surface area contributed by atoms with Crippen LogP contribution in [0.3, 0.4) is 0 Å². The molecule has 1 heterocycles. The summed E-state index contributed by atoms with van der Waals surface area (Å²) < 4.78 is 13.3. The summed E-state index contributed by atoms with van der Waals surface area (Å²) in [6, 6.07) is 11.3. The molecule has 3 nitrogen and oxygen atoms in total. The van der Waals surface area contributed by atoms with E-state index >= 15 is 0 Å². The second-order valence-corrected chi connectivity index (χ2v) is 5.05. The van der Waals surface area contributed by atoms with E-state index in [0.717, 1.165) is 5.69 Å². The van der Waals surface area contributed by atoms with E-state index in [1.54, 1.807) is 37.3 Å². The van der Waals surface area contributed by atoms with Gasteiger partial charge in [-0.3, -0.25) is 4.92 Å². The Morgan fingerprint density at radius 1 is 1.20 bits per heavy atom. The molecular formula is C14H11BClFN2O. The van der Waals surface area contributed by atoms with Gasteiger partial charge in [0.05, 0.1) is 5.71 Å². The van der Waals surface area contributed by atoms with Crippen molar-refractivity contribution in [3.8, 4) is 0 Å². The zero-order valence-corrected chi connectivity index (χ0v) is 11.5. The minimum Gasteiger partial charge on any atom is -0.427 e. The Kier molecular flexibility index (Phi) is 3.24. The van der Waals surface area contributed by atoms with Crippen LogP contribution < -0.4 is 10.4 Å². The molecule has 0 bridgehead atoms. The average Bonchev–Trinajstić information content (AvgIpc) is 2.44. The molecule has 0 saturated heterocycles. The van der Waals surface area contributed by atoms with E-state index in [-0.39, 0.29) is 5.82 Å². The highest BCUT2D eigenvalue weighted by Crippen LogP contribution is 2.22. The van der Waals surface area contributed by atoms with Gasteiger partial charge >= 0.3 is 7.05 Å². The molecule has 0 unspecified atom stereocenters. The number of hydrazone groups is 1. The fourth-order valence-corrected chi connectivity index (χ4v) is 2.39. The Labute approximate surface area is 121 Å². The lowest BCUT2D eigenvalue weighted by molar-refractivity contribution is 0.577. The molecule has 0 atom stereocenters. The summed E-state index contributed by atoms with van der Waals surface area (Å²) in [6.07, 6.45) is 0. The van der Waals surface area contributed by atoms with Crippen molar-refractivity contribution < 1.29 is 9.41 Å². The average molecular weight is 289 g/mol. The molecule has 2 aromatic rings. The first-order valence-corrected chi connectivity index (χ1v) is 6.52. The van der Waals surface area contributed by atoms with Crippen molar-refractivity contribution in [1.29, 1.82) is 0 Å². The summed E-state index contributed by atoms with van der Waals surface area (Å²) in [5.41, 5.74) is 2.63. The Morgan fingerprint density at radius 2 is 1.90 bits per heavy atom. The van der Waals surface area contributed by atoms with E-state index in [4.69, 9.17) is 11.6 Å². The van der Waals surface area contributed by atoms with Crippen LogP contribution in [0.15, 0.2) is 47.6 Å². The van der Waals surface area contributed by atoms with Crippen LogP contribution in [0.25, 0.3) is 0 Å². The van der Waals surface area contributed by atoms with Gasteiger partial charge in [-0.25, -0.2) is 4.39 Å². The number of benzene rings is 2. The van der Waals surface area contributed by atoms with Gasteiger partial charge in [-0.2, -0.15) is 5.10 Å². The van der Waals surface area contributed by atoms with E-state index in [2.05, 4.69) is 5.10 Å². The van der Waals surface area contributed by atoms with Crippen LogP contribution >= 0.6 is 11.6 Å². The van der Waals surface area contributed by atoms with E-state index in [1.807, 2.05) is 0 Å². The summed E-state index contributed by atoms with van der Waals surface area (Å²) >= 11 is 5.86. The Morgan fingerprint density at radius 3 is 2.60 bits per heavy atom. The van der Waals surface area contributed by atoms with Crippen molar-refractivity contribution in [2.45, 2.75) is 6.92 Å². The van der Waals surface area contributed by atoms with Crippen LogP contribution in [0, 0.1) is 5.82 Å². The van der Waals surface area contributed by atoms with Crippen molar-refractivity contribution >= 4 is 35.5 Å². The van der Waals surface area contributed by atoms with E-state index in [0.29, 0.717) is 21.8 Å². The van der Waals surface area contributed by atoms with Gasteiger partial charge in [-0.05, 0) is 54.3 Å². The number of halogens is 2. The Hall–Kier alpha value is -1.85. The fourth-order valence-electron chi connectivity index (χ4n) is 2.26. The Balaban J connectivity index is 2.07. The highest BCUT2D eigenvalue weighted by molar-refractivity contribution is 6.72. The van der Waals surface area contributed by atoms with Crippen LogP contribution in [-0.2, 0) is 0 Å². The molecule has 2 aromatic carbocycles. The SMILES string of the molecule is CC1=NN(c2ccc(Cl)cc2)B(O)c2ccc(F)cc21. The quantitative estimate of drug-likeness (QED) is 0.818. The molecule has 0 aromatic heterocycles. The maximum atomic E-state index is 13.3. The van der Waals surface area contributed by atoms with Gasteiger partial charge in [0.15, 0.2) is 0 Å². The van der Waals surface area contributed by atoms with Crippen LogP contribution in [0.4, 0.5) is 10.1 Å². The van der Waals surface area contributed by atoms with Gasteiger partial charge in [0.25, 0.3) is 0 Å². The summed E-state index contributed by atoms with van der Waals surface area (Å²) in [6.45, 7) is 1.78. The number of fused-ring (bicyclic) bond motifs is 1. The Bertz CT molecular complexity index is 690. The summed E-state index contributed by atoms with van der Waals surface area (Å²) in [5, 5.41) is 15.4. The van der Waals surface area contributed by atoms with Crippen molar-refractivity contribution in [3.63, 3.8) is 0 Å². The second-order valence-electron chi connectivity index (χ2n) is 4.61. The predicted molar refractivity (Wildman–Crippen MR) is 80.1 cm³/mol. The first-order chi connectivity index (χ1) is 9.56. The zero-order valence-electron chi connectivity index (χ0n) is 10.7. The molecule has 100 valence electrons. The van der Waals surface area contributed by atoms with Crippen LogP contribution in [0.2, 0.25) is 5.02 Å². The van der Waals surface area contributed by atoms with Gasteiger partial charge in [0.2, 0.25) is 0 Å². The predicted octanol–water partition coefficient (Wildman–Crippen LogP) is 2.41. The molecule has 20 heavy (non-hydrogen) atoms. The van der Waals surface area contributed by atoms with Crippen molar-refractivity contribution in [1.82, 2.24) is 0 Å². The molecular weight excluding hydrogens is 277 g/mol. The molecule has 0 radical (unpaired) electrons. The van der Waals surface area contributed by atoms with E-state index in [1.165, 1.54) is 17.1 Å². The van der Waals surface area contributed by atoms with Crippen molar-refractivity contribution in [3.05, 3.63) is 58.9 Å². The molecule has 1 N–H and O–H groups in total. The van der Waals surface area contributed by atoms with Crippen LogP contribution in [0.5, 0.6) is 0 Å². The molecule has 3 rings (SSSR count). The third-order valence-electron chi connectivity index (χ3n) is 3.26. The number of rotatable bonds is 1. The standard InChI is InChI=1S/C14H11BClFN2O/c1-9-13-8-11(17)4-7-14(13)15(20)19(18-9)12-5-2-10(16)3-6-12/h2-8,20H,1H3. The van der Waals surface area contributed by atoms with Gasteiger partial charge in [-0.15, -0.1) is 0 Å². The topological polar surface area (TPSA) is 35.8 Å².